The van der Waals surface area contributed by atoms with Gasteiger partial charge in [-0.05, 0) is 37.3 Å². The molecule has 2 saturated heterocycles. The molecule has 1 aliphatic carbocycles. The minimum atomic E-state index is -0.844. The lowest BCUT2D eigenvalue weighted by atomic mass is 10.1. The van der Waals surface area contributed by atoms with Crippen molar-refractivity contribution in [3.63, 3.8) is 0 Å². The molecule has 2 aliphatic heterocycles. The number of rotatable bonds is 10. The predicted octanol–water partition coefficient (Wildman–Crippen LogP) is 2.50. The molecule has 218 valence electrons. The number of benzene rings is 1. The molecular formula is C28H31F2N5O6. The Labute approximate surface area is 235 Å². The summed E-state index contributed by atoms with van der Waals surface area (Å²) >= 11 is 0. The number of nitrogens with one attached hydrogen (secondary N) is 1. The molecule has 11 nitrogen and oxygen atoms in total. The van der Waals surface area contributed by atoms with Crippen molar-refractivity contribution in [2.75, 3.05) is 55.7 Å². The summed E-state index contributed by atoms with van der Waals surface area (Å²) in [6.07, 6.45) is 4.08. The molecule has 1 atom stereocenters. The Morgan fingerprint density at radius 3 is 2.49 bits per heavy atom. The van der Waals surface area contributed by atoms with E-state index in [-0.39, 0.29) is 75.4 Å². The minimum Gasteiger partial charge on any atom is -0.465 e. The molecule has 0 spiro atoms. The van der Waals surface area contributed by atoms with Gasteiger partial charge in [0.15, 0.2) is 11.6 Å². The SMILES string of the molecule is O=C(CC[C@H]1CN(c2cc(F)c(N3CCN(C(=O)CNC(=O)c4cccnc4)CC3)c(F)c2)C(=O)O1)OCC1CC1. The Hall–Kier alpha value is -4.29. The summed E-state index contributed by atoms with van der Waals surface area (Å²) in [4.78, 5) is 57.0. The highest BCUT2D eigenvalue weighted by Gasteiger charge is 2.34. The van der Waals surface area contributed by atoms with E-state index in [1.54, 1.807) is 12.1 Å². The standard InChI is InChI=1S/C28H31F2N5O6/c29-22-12-20(35-16-21(41-28(35)39)5-6-25(37)40-17-18-3-4-18)13-23(30)26(22)34-10-8-33(9-11-34)24(36)15-32-27(38)19-2-1-7-31-14-19/h1-2,7,12-14,18,21H,3-6,8-11,15-17H2,(H,32,38)/t21-/m0/s1. The second kappa shape index (κ2) is 12.5. The third-order valence-electron chi connectivity index (χ3n) is 7.31. The fraction of sp³-hybridized carbons (Fsp3) is 0.464. The maximum atomic E-state index is 15.2. The number of anilines is 2. The average Bonchev–Trinajstić information content (AvgIpc) is 3.73. The van der Waals surface area contributed by atoms with Gasteiger partial charge in [0.1, 0.15) is 11.8 Å². The number of amides is 3. The maximum absolute atomic E-state index is 15.2. The first-order valence-corrected chi connectivity index (χ1v) is 13.6. The van der Waals surface area contributed by atoms with Gasteiger partial charge in [-0.2, -0.15) is 0 Å². The first-order chi connectivity index (χ1) is 19.8. The third-order valence-corrected chi connectivity index (χ3v) is 7.31. The monoisotopic (exact) mass is 571 g/mol. The summed E-state index contributed by atoms with van der Waals surface area (Å²) < 4.78 is 40.8. The number of aromatic nitrogens is 1. The van der Waals surface area contributed by atoms with Gasteiger partial charge in [-0.15, -0.1) is 0 Å². The van der Waals surface area contributed by atoms with Crippen LogP contribution in [0.5, 0.6) is 0 Å². The lowest BCUT2D eigenvalue weighted by molar-refractivity contribution is -0.144. The molecule has 0 radical (unpaired) electrons. The molecule has 5 rings (SSSR count). The van der Waals surface area contributed by atoms with Crippen molar-refractivity contribution in [3.05, 3.63) is 53.9 Å². The van der Waals surface area contributed by atoms with E-state index in [1.165, 1.54) is 22.2 Å². The predicted molar refractivity (Wildman–Crippen MR) is 142 cm³/mol. The molecule has 3 amide bonds. The Morgan fingerprint density at radius 1 is 1.10 bits per heavy atom. The quantitative estimate of drug-likeness (QED) is 0.432. The van der Waals surface area contributed by atoms with E-state index in [0.29, 0.717) is 18.1 Å². The van der Waals surface area contributed by atoms with Crippen molar-refractivity contribution in [2.45, 2.75) is 31.8 Å². The molecule has 1 saturated carbocycles. The highest BCUT2D eigenvalue weighted by molar-refractivity contribution is 5.96. The number of carbonyl (C=O) groups is 4. The van der Waals surface area contributed by atoms with Crippen LogP contribution in [0.4, 0.5) is 25.0 Å². The van der Waals surface area contributed by atoms with Crippen LogP contribution in [0.15, 0.2) is 36.7 Å². The molecular weight excluding hydrogens is 540 g/mol. The number of hydrogen-bond donors (Lipinski definition) is 1. The molecule has 0 bridgehead atoms. The van der Waals surface area contributed by atoms with Gasteiger partial charge in [0.25, 0.3) is 5.91 Å². The molecule has 1 aromatic heterocycles. The Balaban J connectivity index is 1.11. The van der Waals surface area contributed by atoms with Crippen LogP contribution in [0.25, 0.3) is 0 Å². The van der Waals surface area contributed by atoms with Gasteiger partial charge in [-0.1, -0.05) is 0 Å². The van der Waals surface area contributed by atoms with E-state index < -0.39 is 29.7 Å². The second-order valence-electron chi connectivity index (χ2n) is 10.3. The van der Waals surface area contributed by atoms with Crippen molar-refractivity contribution in [2.24, 2.45) is 5.92 Å². The zero-order valence-electron chi connectivity index (χ0n) is 22.4. The van der Waals surface area contributed by atoms with Gasteiger partial charge in [-0.3, -0.25) is 24.3 Å². The summed E-state index contributed by atoms with van der Waals surface area (Å²) in [6.45, 7) is 1.05. The molecule has 1 aromatic carbocycles. The molecule has 2 aromatic rings. The number of halogens is 2. The van der Waals surface area contributed by atoms with Gasteiger partial charge in [0, 0.05) is 57.1 Å². The van der Waals surface area contributed by atoms with Crippen LogP contribution in [-0.2, 0) is 19.1 Å². The van der Waals surface area contributed by atoms with Crippen LogP contribution in [0.3, 0.4) is 0 Å². The third kappa shape index (κ3) is 7.08. The maximum Gasteiger partial charge on any atom is 0.414 e. The van der Waals surface area contributed by atoms with Crippen molar-refractivity contribution in [1.29, 1.82) is 0 Å². The van der Waals surface area contributed by atoms with Crippen molar-refractivity contribution in [3.8, 4) is 0 Å². The van der Waals surface area contributed by atoms with Crippen LogP contribution in [-0.4, -0.2) is 85.7 Å². The summed E-state index contributed by atoms with van der Waals surface area (Å²) in [5.74, 6) is -2.32. The highest BCUT2D eigenvalue weighted by atomic mass is 19.1. The van der Waals surface area contributed by atoms with Crippen LogP contribution in [0.2, 0.25) is 0 Å². The van der Waals surface area contributed by atoms with Crippen LogP contribution < -0.4 is 15.1 Å². The van der Waals surface area contributed by atoms with Crippen LogP contribution in [0, 0.1) is 17.6 Å². The lowest BCUT2D eigenvalue weighted by Gasteiger charge is -2.36. The van der Waals surface area contributed by atoms with Gasteiger partial charge < -0.3 is 24.6 Å². The zero-order chi connectivity index (χ0) is 28.9. The molecule has 3 aliphatic rings. The fourth-order valence-corrected chi connectivity index (χ4v) is 4.79. The van der Waals surface area contributed by atoms with E-state index in [9.17, 15) is 19.2 Å². The van der Waals surface area contributed by atoms with Crippen molar-refractivity contribution < 1.29 is 37.4 Å². The summed E-state index contributed by atoms with van der Waals surface area (Å²) in [6, 6.07) is 5.36. The minimum absolute atomic E-state index is 0.0192. The Bertz CT molecular complexity index is 1280. The number of pyridine rings is 1. The lowest BCUT2D eigenvalue weighted by Crippen LogP contribution is -2.51. The zero-order valence-corrected chi connectivity index (χ0v) is 22.4. The molecule has 3 heterocycles. The Morgan fingerprint density at radius 2 is 1.83 bits per heavy atom. The molecule has 0 unspecified atom stereocenters. The van der Waals surface area contributed by atoms with Gasteiger partial charge in [-0.25, -0.2) is 13.6 Å². The smallest absolute Gasteiger partial charge is 0.414 e. The first-order valence-electron chi connectivity index (χ1n) is 13.6. The largest absolute Gasteiger partial charge is 0.465 e. The summed E-state index contributed by atoms with van der Waals surface area (Å²) in [5.41, 5.74) is 0.111. The van der Waals surface area contributed by atoms with Crippen molar-refractivity contribution in [1.82, 2.24) is 15.2 Å². The summed E-state index contributed by atoms with van der Waals surface area (Å²) in [7, 11) is 0. The van der Waals surface area contributed by atoms with E-state index in [2.05, 4.69) is 10.3 Å². The van der Waals surface area contributed by atoms with E-state index in [0.717, 1.165) is 29.9 Å². The average molecular weight is 572 g/mol. The topological polar surface area (TPSA) is 121 Å². The number of hydrogen-bond acceptors (Lipinski definition) is 8. The number of esters is 1. The van der Waals surface area contributed by atoms with Crippen molar-refractivity contribution >= 4 is 35.3 Å². The number of cyclic esters (lactones) is 1. The normalized spacial score (nSPS) is 18.7. The number of carbonyl (C=O) groups excluding carboxylic acids is 4. The van der Waals surface area contributed by atoms with Gasteiger partial charge >= 0.3 is 12.1 Å². The first kappa shape index (κ1) is 28.2. The van der Waals surface area contributed by atoms with E-state index in [4.69, 9.17) is 9.47 Å². The Kier molecular flexibility index (Phi) is 8.60. The fourth-order valence-electron chi connectivity index (χ4n) is 4.79. The van der Waals surface area contributed by atoms with Gasteiger partial charge in [0.05, 0.1) is 30.9 Å². The van der Waals surface area contributed by atoms with Crippen LogP contribution in [0.1, 0.15) is 36.0 Å². The summed E-state index contributed by atoms with van der Waals surface area (Å²) in [5, 5.41) is 2.55. The van der Waals surface area contributed by atoms with Gasteiger partial charge in [0.2, 0.25) is 5.91 Å². The van der Waals surface area contributed by atoms with E-state index >= 15 is 8.78 Å². The van der Waals surface area contributed by atoms with E-state index in [1.807, 2.05) is 0 Å². The van der Waals surface area contributed by atoms with Crippen LogP contribution >= 0.6 is 0 Å². The molecule has 1 N–H and O–H groups in total. The molecule has 3 fully saturated rings. The number of nitrogens with zero attached hydrogens (tertiary/aromatic N) is 4. The highest BCUT2D eigenvalue weighted by Crippen LogP contribution is 2.32. The second-order valence-corrected chi connectivity index (χ2v) is 10.3. The molecule has 13 heteroatoms. The number of ether oxygens (including phenoxy) is 2. The molecule has 41 heavy (non-hydrogen) atoms. The number of piperazine rings is 1.